The Kier molecular flexibility index (Phi) is 9.25. The second kappa shape index (κ2) is 12.8. The zero-order valence-corrected chi connectivity index (χ0v) is 24.5. The summed E-state index contributed by atoms with van der Waals surface area (Å²) in [6.45, 7) is 7.47. The van der Waals surface area contributed by atoms with Crippen LogP contribution < -0.4 is 10.1 Å². The van der Waals surface area contributed by atoms with E-state index in [-0.39, 0.29) is 12.5 Å². The Morgan fingerprint density at radius 1 is 1.10 bits per heavy atom. The molecule has 0 aliphatic rings. The molecule has 0 fully saturated rings. The van der Waals surface area contributed by atoms with E-state index >= 15 is 0 Å². The highest BCUT2D eigenvalue weighted by molar-refractivity contribution is 8.00. The van der Waals surface area contributed by atoms with Crippen LogP contribution in [0.1, 0.15) is 40.2 Å². The van der Waals surface area contributed by atoms with Gasteiger partial charge >= 0.3 is 5.97 Å². The molecule has 40 heavy (non-hydrogen) atoms. The molecule has 0 saturated carbocycles. The number of thiophene rings is 1. The van der Waals surface area contributed by atoms with Gasteiger partial charge in [0.25, 0.3) is 0 Å². The first-order valence-corrected chi connectivity index (χ1v) is 14.4. The smallest absolute Gasteiger partial charge is 0.341 e. The number of thioether (sulfide) groups is 1. The zero-order chi connectivity index (χ0) is 28.8. The maximum absolute atomic E-state index is 13.3. The van der Waals surface area contributed by atoms with Crippen LogP contribution >= 0.6 is 23.1 Å². The quantitative estimate of drug-likeness (QED) is 0.166. The molecular weight excluding hydrogens is 542 g/mol. The van der Waals surface area contributed by atoms with Crippen LogP contribution in [0.4, 0.5) is 5.00 Å². The molecule has 2 aromatic heterocycles. The lowest BCUT2D eigenvalue weighted by molar-refractivity contribution is -0.115. The molecule has 204 valence electrons. The van der Waals surface area contributed by atoms with E-state index in [0.717, 1.165) is 21.6 Å². The van der Waals surface area contributed by atoms with Crippen molar-refractivity contribution in [1.82, 2.24) is 4.98 Å². The molecule has 0 bridgehead atoms. The van der Waals surface area contributed by atoms with Crippen LogP contribution in [0.3, 0.4) is 0 Å². The molecular formula is C31H29N3O4S2. The second-order valence-corrected chi connectivity index (χ2v) is 11.5. The Morgan fingerprint density at radius 2 is 1.80 bits per heavy atom. The first-order valence-electron chi connectivity index (χ1n) is 12.7. The maximum Gasteiger partial charge on any atom is 0.341 e. The van der Waals surface area contributed by atoms with Crippen molar-refractivity contribution in [2.24, 2.45) is 0 Å². The van der Waals surface area contributed by atoms with Crippen LogP contribution in [0.25, 0.3) is 22.4 Å². The van der Waals surface area contributed by atoms with Crippen LogP contribution in [-0.4, -0.2) is 35.8 Å². The van der Waals surface area contributed by atoms with Gasteiger partial charge in [-0.3, -0.25) is 4.79 Å². The zero-order valence-electron chi connectivity index (χ0n) is 22.9. The molecule has 1 amide bonds. The number of esters is 1. The molecule has 0 radical (unpaired) electrons. The van der Waals surface area contributed by atoms with Gasteiger partial charge in [-0.2, -0.15) is 5.26 Å². The number of pyridine rings is 1. The molecule has 0 spiro atoms. The Balaban J connectivity index is 1.71. The third-order valence-electron chi connectivity index (χ3n) is 6.33. The summed E-state index contributed by atoms with van der Waals surface area (Å²) < 4.78 is 10.5. The van der Waals surface area contributed by atoms with Gasteiger partial charge in [0, 0.05) is 16.0 Å². The van der Waals surface area contributed by atoms with E-state index in [2.05, 4.69) is 11.4 Å². The number of methoxy groups -OCH3 is 1. The number of aryl methyl sites for hydroxylation is 1. The second-order valence-electron chi connectivity index (χ2n) is 8.90. The van der Waals surface area contributed by atoms with Crippen LogP contribution in [-0.2, 0) is 9.53 Å². The number of benzene rings is 2. The maximum atomic E-state index is 13.3. The minimum atomic E-state index is -0.618. The van der Waals surface area contributed by atoms with Crippen LogP contribution in [0, 0.1) is 25.2 Å². The van der Waals surface area contributed by atoms with Crippen molar-refractivity contribution >= 4 is 40.0 Å². The molecule has 1 atom stereocenters. The molecule has 0 aliphatic heterocycles. The molecule has 0 aliphatic carbocycles. The fourth-order valence-electron chi connectivity index (χ4n) is 4.07. The highest BCUT2D eigenvalue weighted by Gasteiger charge is 2.26. The summed E-state index contributed by atoms with van der Waals surface area (Å²) in [6, 6.07) is 21.4. The molecule has 0 unspecified atom stereocenters. The van der Waals surface area contributed by atoms with Crippen molar-refractivity contribution < 1.29 is 19.1 Å². The number of carbonyl (C=O) groups is 2. The van der Waals surface area contributed by atoms with Crippen LogP contribution in [0.5, 0.6) is 5.75 Å². The van der Waals surface area contributed by atoms with Gasteiger partial charge in [0.1, 0.15) is 21.8 Å². The molecule has 0 saturated heterocycles. The first-order chi connectivity index (χ1) is 19.3. The van der Waals surface area contributed by atoms with Gasteiger partial charge in [-0.25, -0.2) is 9.78 Å². The fraction of sp³-hybridized carbons (Fsp3) is 0.226. The fourth-order valence-corrected chi connectivity index (χ4v) is 6.05. The topological polar surface area (TPSA) is 101 Å². The molecule has 4 rings (SSSR count). The van der Waals surface area contributed by atoms with Gasteiger partial charge in [0.2, 0.25) is 5.91 Å². The summed E-state index contributed by atoms with van der Waals surface area (Å²) in [5.74, 6) is -0.0626. The Hall–Kier alpha value is -4.13. The van der Waals surface area contributed by atoms with E-state index in [1.807, 2.05) is 74.5 Å². The number of nitrogens with zero attached hydrogens (tertiary/aromatic N) is 2. The molecule has 4 aromatic rings. The van der Waals surface area contributed by atoms with Gasteiger partial charge in [-0.1, -0.05) is 54.2 Å². The molecule has 2 aromatic carbocycles. The summed E-state index contributed by atoms with van der Waals surface area (Å²) in [5.41, 5.74) is 4.66. The van der Waals surface area contributed by atoms with E-state index in [1.54, 1.807) is 21.0 Å². The lowest BCUT2D eigenvalue weighted by atomic mass is 9.99. The van der Waals surface area contributed by atoms with Gasteiger partial charge in [0.15, 0.2) is 0 Å². The van der Waals surface area contributed by atoms with Crippen molar-refractivity contribution in [3.05, 3.63) is 82.2 Å². The van der Waals surface area contributed by atoms with Gasteiger partial charge in [0.05, 0.1) is 35.8 Å². The van der Waals surface area contributed by atoms with E-state index in [9.17, 15) is 14.9 Å². The third-order valence-corrected chi connectivity index (χ3v) is 8.54. The van der Waals surface area contributed by atoms with Gasteiger partial charge in [-0.15, -0.1) is 11.3 Å². The number of anilines is 1. The molecule has 2 heterocycles. The summed E-state index contributed by atoms with van der Waals surface area (Å²) in [4.78, 5) is 31.7. The Morgan fingerprint density at radius 3 is 2.42 bits per heavy atom. The predicted octanol–water partition coefficient (Wildman–Crippen LogP) is 7.27. The minimum absolute atomic E-state index is 0.240. The number of aromatic nitrogens is 1. The lowest BCUT2D eigenvalue weighted by Crippen LogP contribution is -2.23. The number of hydrogen-bond acceptors (Lipinski definition) is 8. The lowest BCUT2D eigenvalue weighted by Gasteiger charge is -2.16. The molecule has 7 nitrogen and oxygen atoms in total. The van der Waals surface area contributed by atoms with Crippen molar-refractivity contribution in [3.63, 3.8) is 0 Å². The molecule has 1 N–H and O–H groups in total. The van der Waals surface area contributed by atoms with Crippen LogP contribution in [0.2, 0.25) is 0 Å². The summed E-state index contributed by atoms with van der Waals surface area (Å²) in [5, 5.41) is 13.4. The SMILES string of the molecule is CCOC(=O)c1c(NC(=O)[C@H](C)Sc2nc(-c3ccccc3)cc(-c3ccc(OC)cc3)c2C#N)sc(C)c1C. The standard InChI is InChI=1S/C31H29N3O4S2/c1-6-38-31(36)27-18(2)19(3)39-30(27)34-28(35)20(4)40-29-25(17-32)24(21-12-14-23(37-5)15-13-21)16-26(33-29)22-10-8-7-9-11-22/h7-16,20H,6H2,1-5H3,(H,34,35)/t20-/m0/s1. The number of rotatable bonds is 9. The third kappa shape index (κ3) is 6.19. The summed E-state index contributed by atoms with van der Waals surface area (Å²) in [6.07, 6.45) is 0. The van der Waals surface area contributed by atoms with Gasteiger partial charge < -0.3 is 14.8 Å². The summed E-state index contributed by atoms with van der Waals surface area (Å²) in [7, 11) is 1.60. The Bertz CT molecular complexity index is 1580. The highest BCUT2D eigenvalue weighted by atomic mass is 32.2. The van der Waals surface area contributed by atoms with Crippen LogP contribution in [0.15, 0.2) is 65.7 Å². The highest BCUT2D eigenvalue weighted by Crippen LogP contribution is 2.37. The number of carbonyl (C=O) groups excluding carboxylic acids is 2. The Labute approximate surface area is 242 Å². The van der Waals surface area contributed by atoms with E-state index < -0.39 is 11.2 Å². The number of amides is 1. The number of nitrogens with one attached hydrogen (secondary N) is 1. The molecule has 9 heteroatoms. The van der Waals surface area contributed by atoms with Crippen molar-refractivity contribution in [2.45, 2.75) is 38.0 Å². The van der Waals surface area contributed by atoms with E-state index in [0.29, 0.717) is 38.2 Å². The minimum Gasteiger partial charge on any atom is -0.497 e. The average Bonchev–Trinajstić information content (AvgIpc) is 3.25. The van der Waals surface area contributed by atoms with E-state index in [1.165, 1.54) is 23.1 Å². The number of hydrogen-bond donors (Lipinski definition) is 1. The number of ether oxygens (including phenoxy) is 2. The van der Waals surface area contributed by atoms with Crippen molar-refractivity contribution in [2.75, 3.05) is 19.0 Å². The van der Waals surface area contributed by atoms with Crippen molar-refractivity contribution in [3.8, 4) is 34.2 Å². The van der Waals surface area contributed by atoms with E-state index in [4.69, 9.17) is 14.5 Å². The summed E-state index contributed by atoms with van der Waals surface area (Å²) >= 11 is 2.54. The predicted molar refractivity (Wildman–Crippen MR) is 160 cm³/mol. The first kappa shape index (κ1) is 28.9. The van der Waals surface area contributed by atoms with Crippen molar-refractivity contribution in [1.29, 1.82) is 5.26 Å². The van der Waals surface area contributed by atoms with Gasteiger partial charge in [-0.05, 0) is 57.0 Å². The average molecular weight is 572 g/mol. The monoisotopic (exact) mass is 571 g/mol. The largest absolute Gasteiger partial charge is 0.497 e. The number of nitriles is 1. The normalized spacial score (nSPS) is 11.4.